The normalized spacial score (nSPS) is 34.6. The summed E-state index contributed by atoms with van der Waals surface area (Å²) in [7, 11) is 0. The van der Waals surface area contributed by atoms with Crippen LogP contribution in [0.25, 0.3) is 0 Å². The molecule has 5 rings (SSSR count). The first-order valence-electron chi connectivity index (χ1n) is 17.6. The molecule has 4 aliphatic carbocycles. The summed E-state index contributed by atoms with van der Waals surface area (Å²) in [4.78, 5) is 48.2. The zero-order valence-electron chi connectivity index (χ0n) is 28.0. The molecule has 9 heteroatoms. The molecule has 1 aromatic rings. The minimum atomic E-state index is -1.07. The molecule has 4 fully saturated rings. The summed E-state index contributed by atoms with van der Waals surface area (Å²) in [5.41, 5.74) is 12.4. The van der Waals surface area contributed by atoms with E-state index in [-0.39, 0.29) is 30.5 Å². The molecule has 5 N–H and O–H groups in total. The molecule has 46 heavy (non-hydrogen) atoms. The van der Waals surface area contributed by atoms with Crippen LogP contribution in [0.5, 0.6) is 0 Å². The number of nitrogens with two attached hydrogens (primary N) is 2. The number of carbonyl (C=O) groups is 4. The number of esters is 2. The van der Waals surface area contributed by atoms with E-state index in [2.05, 4.69) is 26.1 Å². The van der Waals surface area contributed by atoms with Gasteiger partial charge >= 0.3 is 11.9 Å². The molecule has 0 bridgehead atoms. The van der Waals surface area contributed by atoms with Gasteiger partial charge in [-0.25, -0.2) is 0 Å². The number of hydrogen-bond acceptors (Lipinski definition) is 7. The van der Waals surface area contributed by atoms with Gasteiger partial charge < -0.3 is 26.3 Å². The van der Waals surface area contributed by atoms with E-state index in [9.17, 15) is 19.2 Å². The maximum atomic E-state index is 12.6. The van der Waals surface area contributed by atoms with Crippen LogP contribution >= 0.6 is 0 Å². The number of primary amides is 1. The molecule has 0 unspecified atom stereocenters. The molecule has 4 saturated carbocycles. The van der Waals surface area contributed by atoms with Crippen LogP contribution in [0.3, 0.4) is 0 Å². The van der Waals surface area contributed by atoms with Gasteiger partial charge in [-0.1, -0.05) is 51.1 Å². The number of fused-ring (bicyclic) bond motifs is 5. The van der Waals surface area contributed by atoms with Gasteiger partial charge in [-0.05, 0) is 116 Å². The van der Waals surface area contributed by atoms with Crippen molar-refractivity contribution in [2.24, 2.45) is 57.8 Å². The van der Waals surface area contributed by atoms with Gasteiger partial charge in [-0.3, -0.25) is 19.2 Å². The molecular weight excluding hydrogens is 582 g/mol. The minimum absolute atomic E-state index is 0.0965. The van der Waals surface area contributed by atoms with Crippen LogP contribution in [0.4, 0.5) is 0 Å². The fraction of sp³-hybridized carbons (Fsp3) is 0.730. The lowest BCUT2D eigenvalue weighted by Crippen LogP contribution is -2.54. The van der Waals surface area contributed by atoms with Gasteiger partial charge in [0.15, 0.2) is 0 Å². The predicted molar refractivity (Wildman–Crippen MR) is 175 cm³/mol. The fourth-order valence-electron chi connectivity index (χ4n) is 10.5. The van der Waals surface area contributed by atoms with E-state index in [1.54, 1.807) is 0 Å². The van der Waals surface area contributed by atoms with Crippen molar-refractivity contribution >= 4 is 23.8 Å². The van der Waals surface area contributed by atoms with E-state index in [1.807, 2.05) is 30.3 Å². The Morgan fingerprint density at radius 3 is 2.39 bits per heavy atom. The van der Waals surface area contributed by atoms with Gasteiger partial charge in [-0.2, -0.15) is 0 Å². The zero-order chi connectivity index (χ0) is 33.1. The summed E-state index contributed by atoms with van der Waals surface area (Å²) in [6, 6.07) is 8.80. The number of hydrogen-bond donors (Lipinski definition) is 3. The molecule has 4 aliphatic rings. The van der Waals surface area contributed by atoms with Crippen molar-refractivity contribution in [3.05, 3.63) is 35.9 Å². The molecule has 2 amide bonds. The summed E-state index contributed by atoms with van der Waals surface area (Å²) < 4.78 is 11.4. The lowest BCUT2D eigenvalue weighted by Gasteiger charge is -2.61. The van der Waals surface area contributed by atoms with Crippen molar-refractivity contribution < 1.29 is 28.7 Å². The first-order chi connectivity index (χ1) is 21.9. The molecule has 0 saturated heterocycles. The Bertz CT molecular complexity index is 1260. The maximum Gasteiger partial charge on any atom is 0.325 e. The van der Waals surface area contributed by atoms with Crippen molar-refractivity contribution in [1.82, 2.24) is 5.32 Å². The van der Waals surface area contributed by atoms with Gasteiger partial charge in [0.1, 0.15) is 19.3 Å². The summed E-state index contributed by atoms with van der Waals surface area (Å²) in [6.45, 7) is 7.50. The van der Waals surface area contributed by atoms with Crippen molar-refractivity contribution in [2.75, 3.05) is 6.54 Å². The van der Waals surface area contributed by atoms with Gasteiger partial charge in [0, 0.05) is 6.42 Å². The number of benzene rings is 1. The molecular formula is C37H55N3O6. The molecule has 1 aromatic carbocycles. The number of carbonyl (C=O) groups excluding carboxylic acids is 4. The van der Waals surface area contributed by atoms with Gasteiger partial charge in [0.25, 0.3) is 0 Å². The molecule has 254 valence electrons. The average molecular weight is 638 g/mol. The van der Waals surface area contributed by atoms with Gasteiger partial charge in [0.05, 0.1) is 12.5 Å². The van der Waals surface area contributed by atoms with Gasteiger partial charge in [-0.15, -0.1) is 0 Å². The average Bonchev–Trinajstić information content (AvgIpc) is 3.39. The Balaban J connectivity index is 1.10. The van der Waals surface area contributed by atoms with E-state index in [1.165, 1.54) is 38.5 Å². The zero-order valence-corrected chi connectivity index (χ0v) is 28.0. The largest absolute Gasteiger partial charge is 0.461 e. The van der Waals surface area contributed by atoms with Crippen LogP contribution in [0.15, 0.2) is 30.3 Å². The Hall–Kier alpha value is -2.94. The Kier molecular flexibility index (Phi) is 10.8. The lowest BCUT2D eigenvalue weighted by molar-refractivity contribution is -0.162. The quantitative estimate of drug-likeness (QED) is 0.272. The fourth-order valence-corrected chi connectivity index (χ4v) is 10.5. The monoisotopic (exact) mass is 637 g/mol. The van der Waals surface area contributed by atoms with Crippen LogP contribution in [-0.4, -0.2) is 42.4 Å². The molecule has 0 spiro atoms. The van der Waals surface area contributed by atoms with Crippen molar-refractivity contribution in [3.8, 4) is 0 Å². The number of nitrogens with one attached hydrogen (secondary N) is 1. The predicted octanol–water partition coefficient (Wildman–Crippen LogP) is 5.04. The summed E-state index contributed by atoms with van der Waals surface area (Å²) in [5.74, 6) is 2.04. The third-order valence-electron chi connectivity index (χ3n) is 12.9. The highest BCUT2D eigenvalue weighted by atomic mass is 16.5. The van der Waals surface area contributed by atoms with E-state index in [0.717, 1.165) is 43.1 Å². The van der Waals surface area contributed by atoms with Crippen LogP contribution in [0.1, 0.15) is 103 Å². The van der Waals surface area contributed by atoms with E-state index < -0.39 is 23.8 Å². The molecule has 0 aromatic heterocycles. The Morgan fingerprint density at radius 2 is 1.65 bits per heavy atom. The first kappa shape index (κ1) is 34.4. The highest BCUT2D eigenvalue weighted by Gasteiger charge is 2.60. The minimum Gasteiger partial charge on any atom is -0.461 e. The van der Waals surface area contributed by atoms with Crippen LogP contribution in [0.2, 0.25) is 0 Å². The molecule has 0 heterocycles. The highest BCUT2D eigenvalue weighted by molar-refractivity contribution is 5.89. The van der Waals surface area contributed by atoms with E-state index in [4.69, 9.17) is 20.9 Å². The van der Waals surface area contributed by atoms with E-state index in [0.29, 0.717) is 42.1 Å². The van der Waals surface area contributed by atoms with Crippen LogP contribution < -0.4 is 16.8 Å². The standard InChI is InChI=1S/C37H55N3O6/c1-23(9-14-33(42)45-22-24-7-5-4-6-8-24)28-12-13-29-27-11-10-25-19-26(15-17-36(25,2)30(27)16-18-37(28,29)3)46-34(43)21-40-35(44)31(38)20-32(39)41/h4-8,23,25-31H,9-22,38H2,1-3H3,(H2,39,41)(H,40,44)/t23-,25+,26+,27-,28+,29-,30-,31-,36-,37+/m0/s1. The molecule has 9 nitrogen and oxygen atoms in total. The second kappa shape index (κ2) is 14.4. The van der Waals surface area contributed by atoms with Crippen molar-refractivity contribution in [1.29, 1.82) is 0 Å². The maximum absolute atomic E-state index is 12.6. The molecule has 0 radical (unpaired) electrons. The lowest BCUT2D eigenvalue weighted by atomic mass is 9.44. The SMILES string of the molecule is C[C@@H](CCC(=O)OCc1ccccc1)[C@H]1CC[C@H]2[C@@H]3CC[C@@H]4C[C@H](OC(=O)CNC(=O)[C@@H](N)CC(N)=O)CC[C@]4(C)[C@H]3CC[C@]12C. The number of ether oxygens (including phenoxy) is 2. The van der Waals surface area contributed by atoms with E-state index >= 15 is 0 Å². The summed E-state index contributed by atoms with van der Waals surface area (Å²) in [6.07, 6.45) is 11.2. The summed E-state index contributed by atoms with van der Waals surface area (Å²) in [5, 5.41) is 2.47. The summed E-state index contributed by atoms with van der Waals surface area (Å²) >= 11 is 0. The number of amides is 2. The Morgan fingerprint density at radius 1 is 0.935 bits per heavy atom. The molecule has 10 atom stereocenters. The second-order valence-corrected chi connectivity index (χ2v) is 15.4. The molecule has 0 aliphatic heterocycles. The van der Waals surface area contributed by atoms with Crippen molar-refractivity contribution in [2.45, 2.75) is 117 Å². The highest BCUT2D eigenvalue weighted by Crippen LogP contribution is 2.68. The van der Waals surface area contributed by atoms with Gasteiger partial charge in [0.2, 0.25) is 11.8 Å². The third-order valence-corrected chi connectivity index (χ3v) is 12.9. The Labute approximate surface area is 274 Å². The smallest absolute Gasteiger partial charge is 0.325 e. The topological polar surface area (TPSA) is 151 Å². The number of rotatable bonds is 12. The third kappa shape index (κ3) is 7.45. The first-order valence-corrected chi connectivity index (χ1v) is 17.6. The second-order valence-electron chi connectivity index (χ2n) is 15.4. The van der Waals surface area contributed by atoms with Crippen LogP contribution in [0, 0.1) is 46.3 Å². The van der Waals surface area contributed by atoms with Crippen molar-refractivity contribution in [3.63, 3.8) is 0 Å². The van der Waals surface area contributed by atoms with Crippen LogP contribution in [-0.2, 0) is 35.3 Å².